The lowest BCUT2D eigenvalue weighted by atomic mass is 9.93. The van der Waals surface area contributed by atoms with Gasteiger partial charge in [0, 0.05) is 31.9 Å². The second-order valence-electron chi connectivity index (χ2n) is 5.57. The van der Waals surface area contributed by atoms with Gasteiger partial charge in [-0.2, -0.15) is 0 Å². The van der Waals surface area contributed by atoms with Gasteiger partial charge in [-0.25, -0.2) is 4.98 Å². The van der Waals surface area contributed by atoms with Crippen molar-refractivity contribution in [3.05, 3.63) is 59.8 Å². The van der Waals surface area contributed by atoms with E-state index < -0.39 is 5.60 Å². The molecule has 1 atom stereocenters. The van der Waals surface area contributed by atoms with Crippen LogP contribution >= 0.6 is 0 Å². The first-order valence-electron chi connectivity index (χ1n) is 7.19. The summed E-state index contributed by atoms with van der Waals surface area (Å²) in [7, 11) is 1.61. The van der Waals surface area contributed by atoms with Gasteiger partial charge in [-0.1, -0.05) is 36.4 Å². The molecule has 0 bridgehead atoms. The molecule has 1 aromatic heterocycles. The molecule has 0 amide bonds. The van der Waals surface area contributed by atoms with E-state index in [9.17, 15) is 5.11 Å². The molecule has 110 valence electrons. The number of ether oxygens (including phenoxy) is 1. The molecule has 1 aliphatic rings. The van der Waals surface area contributed by atoms with E-state index in [1.807, 2.05) is 48.7 Å². The molecule has 0 saturated carbocycles. The van der Waals surface area contributed by atoms with Crippen molar-refractivity contribution in [1.29, 1.82) is 0 Å². The topological polar surface area (TPSA) is 45.6 Å². The van der Waals surface area contributed by atoms with Gasteiger partial charge >= 0.3 is 0 Å². The van der Waals surface area contributed by atoms with Crippen LogP contribution in [0.2, 0.25) is 0 Å². The molecule has 21 heavy (non-hydrogen) atoms. The van der Waals surface area contributed by atoms with Gasteiger partial charge in [-0.15, -0.1) is 0 Å². The number of hydrogen-bond donors (Lipinski definition) is 1. The summed E-state index contributed by atoms with van der Waals surface area (Å²) < 4.78 is 5.07. The highest BCUT2D eigenvalue weighted by molar-refractivity contribution is 5.24. The summed E-state index contributed by atoms with van der Waals surface area (Å²) in [6.07, 6.45) is 2.60. The van der Waals surface area contributed by atoms with Crippen molar-refractivity contribution in [1.82, 2.24) is 9.88 Å². The number of aromatic nitrogens is 1. The van der Waals surface area contributed by atoms with E-state index in [1.54, 1.807) is 7.11 Å². The molecule has 4 nitrogen and oxygen atoms in total. The van der Waals surface area contributed by atoms with E-state index in [-0.39, 0.29) is 0 Å². The van der Waals surface area contributed by atoms with Crippen LogP contribution in [0.4, 0.5) is 0 Å². The fourth-order valence-electron chi connectivity index (χ4n) is 2.87. The molecule has 4 heteroatoms. The molecule has 1 aliphatic heterocycles. The largest absolute Gasteiger partial charge is 0.481 e. The Morgan fingerprint density at radius 2 is 2.05 bits per heavy atom. The van der Waals surface area contributed by atoms with Crippen molar-refractivity contribution in [3.63, 3.8) is 0 Å². The zero-order chi connectivity index (χ0) is 14.7. The summed E-state index contributed by atoms with van der Waals surface area (Å²) in [6.45, 7) is 2.34. The van der Waals surface area contributed by atoms with Gasteiger partial charge in [0.05, 0.1) is 7.11 Å². The molecule has 2 aromatic rings. The second-order valence-corrected chi connectivity index (χ2v) is 5.57. The van der Waals surface area contributed by atoms with Gasteiger partial charge in [0.1, 0.15) is 5.60 Å². The van der Waals surface area contributed by atoms with Crippen LogP contribution in [0.5, 0.6) is 5.88 Å². The molecule has 1 fully saturated rings. The number of likely N-dealkylation sites (tertiary alicyclic amines) is 1. The van der Waals surface area contributed by atoms with Crippen molar-refractivity contribution >= 4 is 0 Å². The highest BCUT2D eigenvalue weighted by Gasteiger charge is 2.37. The Labute approximate surface area is 125 Å². The summed E-state index contributed by atoms with van der Waals surface area (Å²) in [4.78, 5) is 6.48. The van der Waals surface area contributed by atoms with Crippen molar-refractivity contribution < 1.29 is 9.84 Å². The summed E-state index contributed by atoms with van der Waals surface area (Å²) in [5, 5.41) is 10.8. The third-order valence-corrected chi connectivity index (χ3v) is 4.05. The Hall–Kier alpha value is -1.91. The fraction of sp³-hybridized carbons (Fsp3) is 0.353. The predicted molar refractivity (Wildman–Crippen MR) is 81.0 cm³/mol. The molecule has 0 aliphatic carbocycles. The van der Waals surface area contributed by atoms with E-state index in [1.165, 1.54) is 0 Å². The zero-order valence-corrected chi connectivity index (χ0v) is 12.2. The average molecular weight is 284 g/mol. The number of rotatable bonds is 4. The number of aliphatic hydroxyl groups is 1. The molecule has 1 aromatic carbocycles. The number of nitrogens with zero attached hydrogens (tertiary/aromatic N) is 2. The van der Waals surface area contributed by atoms with Crippen LogP contribution in [-0.4, -0.2) is 35.2 Å². The molecular formula is C17H20N2O2. The third-order valence-electron chi connectivity index (χ3n) is 4.05. The van der Waals surface area contributed by atoms with E-state index >= 15 is 0 Å². The molecule has 0 radical (unpaired) electrons. The summed E-state index contributed by atoms with van der Waals surface area (Å²) in [5.74, 6) is 0.626. The lowest BCUT2D eigenvalue weighted by Gasteiger charge is -2.24. The van der Waals surface area contributed by atoms with Crippen molar-refractivity contribution in [3.8, 4) is 5.88 Å². The van der Waals surface area contributed by atoms with Crippen LogP contribution in [0.3, 0.4) is 0 Å². The zero-order valence-electron chi connectivity index (χ0n) is 12.2. The van der Waals surface area contributed by atoms with E-state index in [2.05, 4.69) is 9.88 Å². The first kappa shape index (κ1) is 14.0. The maximum absolute atomic E-state index is 10.8. The molecular weight excluding hydrogens is 264 g/mol. The van der Waals surface area contributed by atoms with Crippen LogP contribution in [0.15, 0.2) is 48.7 Å². The normalized spacial score (nSPS) is 22.4. The quantitative estimate of drug-likeness (QED) is 0.935. The highest BCUT2D eigenvalue weighted by atomic mass is 16.5. The molecule has 0 unspecified atom stereocenters. The van der Waals surface area contributed by atoms with E-state index in [4.69, 9.17) is 4.74 Å². The van der Waals surface area contributed by atoms with Gasteiger partial charge < -0.3 is 9.84 Å². The number of β-amino-alcohol motifs (C(OH)–C–C–N with tert-alkyl or cyclic N) is 1. The van der Waals surface area contributed by atoms with Crippen LogP contribution in [-0.2, 0) is 12.1 Å². The van der Waals surface area contributed by atoms with Crippen molar-refractivity contribution in [2.45, 2.75) is 18.6 Å². The van der Waals surface area contributed by atoms with Crippen LogP contribution < -0.4 is 4.74 Å². The Morgan fingerprint density at radius 1 is 1.24 bits per heavy atom. The van der Waals surface area contributed by atoms with Gasteiger partial charge in [0.2, 0.25) is 5.88 Å². The fourth-order valence-corrected chi connectivity index (χ4v) is 2.87. The van der Waals surface area contributed by atoms with Gasteiger partial charge in [-0.05, 0) is 17.5 Å². The van der Waals surface area contributed by atoms with Crippen LogP contribution in [0, 0.1) is 0 Å². The SMILES string of the molecule is COc1ccc(CN2CC[C@](O)(c3ccccc3)C2)cn1. The maximum atomic E-state index is 10.8. The Morgan fingerprint density at radius 3 is 2.71 bits per heavy atom. The van der Waals surface area contributed by atoms with E-state index in [0.717, 1.165) is 30.6 Å². The second kappa shape index (κ2) is 5.84. The standard InChI is InChI=1S/C17H20N2O2/c1-21-16-8-7-14(11-18-16)12-19-10-9-17(20,13-19)15-5-3-2-4-6-15/h2-8,11,20H,9-10,12-13H2,1H3/t17-/m1/s1. The van der Waals surface area contributed by atoms with Gasteiger partial charge in [0.25, 0.3) is 0 Å². The van der Waals surface area contributed by atoms with E-state index in [0.29, 0.717) is 12.4 Å². The minimum absolute atomic E-state index is 0.626. The summed E-state index contributed by atoms with van der Waals surface area (Å²) in [5.41, 5.74) is 1.40. The minimum Gasteiger partial charge on any atom is -0.481 e. The third kappa shape index (κ3) is 3.06. The average Bonchev–Trinajstić information content (AvgIpc) is 2.91. The Kier molecular flexibility index (Phi) is 3.90. The molecule has 2 heterocycles. The predicted octanol–water partition coefficient (Wildman–Crippen LogP) is 2.18. The minimum atomic E-state index is -0.735. The summed E-state index contributed by atoms with van der Waals surface area (Å²) in [6, 6.07) is 13.8. The van der Waals surface area contributed by atoms with Crippen molar-refractivity contribution in [2.75, 3.05) is 20.2 Å². The van der Waals surface area contributed by atoms with Gasteiger partial charge in [0.15, 0.2) is 0 Å². The highest BCUT2D eigenvalue weighted by Crippen LogP contribution is 2.32. The molecule has 0 spiro atoms. The van der Waals surface area contributed by atoms with Crippen LogP contribution in [0.1, 0.15) is 17.5 Å². The number of pyridine rings is 1. The van der Waals surface area contributed by atoms with Crippen molar-refractivity contribution in [2.24, 2.45) is 0 Å². The number of methoxy groups -OCH3 is 1. The lowest BCUT2D eigenvalue weighted by molar-refractivity contribution is 0.0453. The first-order chi connectivity index (χ1) is 10.2. The first-order valence-corrected chi connectivity index (χ1v) is 7.19. The smallest absolute Gasteiger partial charge is 0.212 e. The molecule has 3 rings (SSSR count). The van der Waals surface area contributed by atoms with Gasteiger partial charge in [-0.3, -0.25) is 4.90 Å². The molecule has 1 saturated heterocycles. The number of hydrogen-bond acceptors (Lipinski definition) is 4. The Bertz CT molecular complexity index is 585. The summed E-state index contributed by atoms with van der Waals surface area (Å²) >= 11 is 0. The number of benzene rings is 1. The van der Waals surface area contributed by atoms with Crippen LogP contribution in [0.25, 0.3) is 0 Å². The Balaban J connectivity index is 1.66. The molecule has 1 N–H and O–H groups in total. The lowest BCUT2D eigenvalue weighted by Crippen LogP contribution is -2.30. The monoisotopic (exact) mass is 284 g/mol. The maximum Gasteiger partial charge on any atom is 0.212 e.